The third-order valence-corrected chi connectivity index (χ3v) is 1.71. The lowest BCUT2D eigenvalue weighted by atomic mass is 10.1. The number of aliphatic hydroxyl groups excluding tert-OH is 5. The molecule has 0 radical (unpaired) electrons. The van der Waals surface area contributed by atoms with Crippen molar-refractivity contribution in [1.82, 2.24) is 0 Å². The van der Waals surface area contributed by atoms with E-state index in [2.05, 4.69) is 4.74 Å². The van der Waals surface area contributed by atoms with Crippen molar-refractivity contribution in [3.8, 4) is 0 Å². The van der Waals surface area contributed by atoms with Crippen LogP contribution in [-0.4, -0.2) is 56.4 Å². The third-order valence-electron chi connectivity index (χ3n) is 1.71. The Bertz CT molecular complexity index is 133. The molecule has 86 valence electrons. The molecule has 6 heteroatoms. The maximum absolute atomic E-state index is 9.12. The second kappa shape index (κ2) is 6.28. The first-order valence-corrected chi connectivity index (χ1v) is 4.40. The summed E-state index contributed by atoms with van der Waals surface area (Å²) in [5, 5.41) is 44.9. The minimum Gasteiger partial charge on any atom is -0.391 e. The second-order valence-corrected chi connectivity index (χ2v) is 3.27. The van der Waals surface area contributed by atoms with Crippen LogP contribution in [0.4, 0.5) is 0 Å². The van der Waals surface area contributed by atoms with Gasteiger partial charge in [-0.1, -0.05) is 0 Å². The molecule has 0 heterocycles. The van der Waals surface area contributed by atoms with Crippen LogP contribution in [0, 0.1) is 0 Å². The number of rotatable bonds is 6. The maximum atomic E-state index is 9.12. The summed E-state index contributed by atoms with van der Waals surface area (Å²) in [6.07, 6.45) is -6.42. The Hall–Kier alpha value is -0.240. The highest BCUT2D eigenvalue weighted by Crippen LogP contribution is 2.07. The van der Waals surface area contributed by atoms with Crippen molar-refractivity contribution in [2.24, 2.45) is 0 Å². The molecule has 6 nitrogen and oxygen atoms in total. The van der Waals surface area contributed by atoms with Crippen molar-refractivity contribution in [2.75, 3.05) is 0 Å². The monoisotopic (exact) mass is 210 g/mol. The fraction of sp³-hybridized carbons (Fsp3) is 1.00. The minimum atomic E-state index is -1.51. The third kappa shape index (κ3) is 5.48. The van der Waals surface area contributed by atoms with Crippen molar-refractivity contribution in [3.63, 3.8) is 0 Å². The zero-order chi connectivity index (χ0) is 11.3. The molecule has 0 aliphatic heterocycles. The van der Waals surface area contributed by atoms with Crippen LogP contribution in [0.1, 0.15) is 20.3 Å². The van der Waals surface area contributed by atoms with Crippen molar-refractivity contribution < 1.29 is 30.3 Å². The average molecular weight is 210 g/mol. The molecule has 5 unspecified atom stereocenters. The highest BCUT2D eigenvalue weighted by molar-refractivity contribution is 4.64. The van der Waals surface area contributed by atoms with Crippen molar-refractivity contribution in [2.45, 2.75) is 51.2 Å². The van der Waals surface area contributed by atoms with Gasteiger partial charge < -0.3 is 30.3 Å². The van der Waals surface area contributed by atoms with E-state index in [4.69, 9.17) is 25.5 Å². The average Bonchev–Trinajstić information content (AvgIpc) is 2.03. The molecule has 14 heavy (non-hydrogen) atoms. The molecular weight excluding hydrogens is 192 g/mol. The lowest BCUT2D eigenvalue weighted by molar-refractivity contribution is -0.246. The Labute approximate surface area is 82.4 Å². The molecule has 0 aromatic rings. The van der Waals surface area contributed by atoms with E-state index >= 15 is 0 Å². The molecule has 5 atom stereocenters. The van der Waals surface area contributed by atoms with E-state index in [0.717, 1.165) is 0 Å². The molecule has 0 aliphatic carbocycles. The molecule has 0 fully saturated rings. The Morgan fingerprint density at radius 1 is 0.929 bits per heavy atom. The number of aliphatic hydroxyl groups is 5. The van der Waals surface area contributed by atoms with Crippen LogP contribution >= 0.6 is 0 Å². The largest absolute Gasteiger partial charge is 0.391 e. The van der Waals surface area contributed by atoms with Gasteiger partial charge in [-0.2, -0.15) is 0 Å². The summed E-state index contributed by atoms with van der Waals surface area (Å²) in [5.41, 5.74) is 0. The molecule has 0 amide bonds. The first kappa shape index (κ1) is 13.8. The Kier molecular flexibility index (Phi) is 6.17. The predicted molar refractivity (Wildman–Crippen MR) is 47.1 cm³/mol. The normalized spacial score (nSPS) is 22.5. The molecule has 5 N–H and O–H groups in total. The zero-order valence-electron chi connectivity index (χ0n) is 8.24. The summed E-state index contributed by atoms with van der Waals surface area (Å²) in [5.74, 6) is 0. The van der Waals surface area contributed by atoms with Gasteiger partial charge in [0, 0.05) is 6.42 Å². The lowest BCUT2D eigenvalue weighted by Crippen LogP contribution is -2.35. The molecule has 0 saturated carbocycles. The van der Waals surface area contributed by atoms with E-state index in [1.807, 2.05) is 0 Å². The number of ether oxygens (including phenoxy) is 1. The van der Waals surface area contributed by atoms with E-state index in [1.54, 1.807) is 0 Å². The van der Waals surface area contributed by atoms with Crippen molar-refractivity contribution in [3.05, 3.63) is 0 Å². The van der Waals surface area contributed by atoms with Crippen LogP contribution < -0.4 is 0 Å². The fourth-order valence-corrected chi connectivity index (χ4v) is 0.734. The summed E-state index contributed by atoms with van der Waals surface area (Å²) in [6.45, 7) is 2.66. The first-order chi connectivity index (χ1) is 6.34. The van der Waals surface area contributed by atoms with E-state index < -0.39 is 30.9 Å². The Morgan fingerprint density at radius 3 is 1.79 bits per heavy atom. The van der Waals surface area contributed by atoms with Crippen molar-refractivity contribution in [1.29, 1.82) is 0 Å². The Morgan fingerprint density at radius 2 is 1.43 bits per heavy atom. The second-order valence-electron chi connectivity index (χ2n) is 3.27. The van der Waals surface area contributed by atoms with E-state index in [-0.39, 0.29) is 6.42 Å². The highest BCUT2D eigenvalue weighted by atomic mass is 16.7. The lowest BCUT2D eigenvalue weighted by Gasteiger charge is -2.22. The van der Waals surface area contributed by atoms with Gasteiger partial charge in [0.1, 0.15) is 6.10 Å². The van der Waals surface area contributed by atoms with Gasteiger partial charge in [0.2, 0.25) is 0 Å². The van der Waals surface area contributed by atoms with Gasteiger partial charge in [-0.25, -0.2) is 0 Å². The molecule has 0 aromatic carbocycles. The fourth-order valence-electron chi connectivity index (χ4n) is 0.734. The summed E-state index contributed by atoms with van der Waals surface area (Å²) in [4.78, 5) is 0. The molecule has 0 saturated heterocycles. The summed E-state index contributed by atoms with van der Waals surface area (Å²) < 4.78 is 4.52. The van der Waals surface area contributed by atoms with Crippen LogP contribution in [0.2, 0.25) is 0 Å². The van der Waals surface area contributed by atoms with Gasteiger partial charge in [-0.3, -0.25) is 0 Å². The molecule has 0 rings (SSSR count). The smallest absolute Gasteiger partial charge is 0.183 e. The summed E-state index contributed by atoms with van der Waals surface area (Å²) >= 11 is 0. The van der Waals surface area contributed by atoms with E-state index in [1.165, 1.54) is 13.8 Å². The van der Waals surface area contributed by atoms with Gasteiger partial charge in [0.25, 0.3) is 0 Å². The summed E-state index contributed by atoms with van der Waals surface area (Å²) in [7, 11) is 0. The zero-order valence-corrected chi connectivity index (χ0v) is 8.24. The van der Waals surface area contributed by atoms with Crippen LogP contribution in [0.3, 0.4) is 0 Å². The first-order valence-electron chi connectivity index (χ1n) is 4.40. The maximum Gasteiger partial charge on any atom is 0.183 e. The van der Waals surface area contributed by atoms with Crippen LogP contribution in [0.15, 0.2) is 0 Å². The van der Waals surface area contributed by atoms with Gasteiger partial charge >= 0.3 is 0 Å². The number of hydrogen-bond donors (Lipinski definition) is 5. The van der Waals surface area contributed by atoms with Gasteiger partial charge in [-0.15, -0.1) is 0 Å². The van der Waals surface area contributed by atoms with Crippen LogP contribution in [0.25, 0.3) is 0 Å². The van der Waals surface area contributed by atoms with Crippen LogP contribution in [0.5, 0.6) is 0 Å². The van der Waals surface area contributed by atoms with Crippen molar-refractivity contribution >= 4 is 0 Å². The molecule has 0 aromatic heterocycles. The number of hydrogen-bond acceptors (Lipinski definition) is 6. The van der Waals surface area contributed by atoms with Gasteiger partial charge in [-0.05, 0) is 13.8 Å². The minimum absolute atomic E-state index is 0.235. The van der Waals surface area contributed by atoms with Crippen LogP contribution in [-0.2, 0) is 4.74 Å². The predicted octanol–water partition coefficient (Wildman–Crippen LogP) is -1.85. The summed E-state index contributed by atoms with van der Waals surface area (Å²) in [6, 6.07) is 0. The van der Waals surface area contributed by atoms with Gasteiger partial charge in [0.15, 0.2) is 12.6 Å². The Balaban J connectivity index is 3.80. The molecule has 0 aliphatic rings. The molecule has 0 spiro atoms. The SMILES string of the molecule is CC(O)C(O)CC(O)OC(O)C(C)O. The standard InChI is InChI=1S/C8H18O6/c1-4(9)6(11)3-7(12)14-8(13)5(2)10/h4-13H,3H2,1-2H3. The molecule has 0 bridgehead atoms. The molecular formula is C8H18O6. The van der Waals surface area contributed by atoms with E-state index in [9.17, 15) is 0 Å². The van der Waals surface area contributed by atoms with Gasteiger partial charge in [0.05, 0.1) is 12.2 Å². The quantitative estimate of drug-likeness (QED) is 0.329. The highest BCUT2D eigenvalue weighted by Gasteiger charge is 2.21. The topological polar surface area (TPSA) is 110 Å². The van der Waals surface area contributed by atoms with E-state index in [0.29, 0.717) is 0 Å².